The van der Waals surface area contributed by atoms with Gasteiger partial charge in [0.25, 0.3) is 11.7 Å². The number of carbonyl (C=O) groups is 3. The molecular formula is C20H23N3O4. The molecule has 142 valence electrons. The first-order valence-electron chi connectivity index (χ1n) is 9.45. The van der Waals surface area contributed by atoms with Crippen LogP contribution in [0.1, 0.15) is 36.5 Å². The van der Waals surface area contributed by atoms with Crippen LogP contribution < -0.4 is 0 Å². The predicted octanol–water partition coefficient (Wildman–Crippen LogP) is 2.57. The molecule has 1 atom stereocenters. The fourth-order valence-electron chi connectivity index (χ4n) is 3.95. The van der Waals surface area contributed by atoms with E-state index in [9.17, 15) is 14.4 Å². The maximum Gasteiger partial charge on any atom is 0.410 e. The second-order valence-electron chi connectivity index (χ2n) is 7.17. The molecule has 27 heavy (non-hydrogen) atoms. The highest BCUT2D eigenvalue weighted by molar-refractivity contribution is 6.44. The number of para-hydroxylation sites is 1. The number of Topliss-reactive ketones (excluding diaryl/α,β-unsaturated/α-hetero) is 1. The number of hydrogen-bond acceptors (Lipinski definition) is 4. The Hall–Kier alpha value is -2.83. The van der Waals surface area contributed by atoms with Gasteiger partial charge >= 0.3 is 6.09 Å². The summed E-state index contributed by atoms with van der Waals surface area (Å²) >= 11 is 0. The minimum Gasteiger partial charge on any atom is -0.444 e. The van der Waals surface area contributed by atoms with Crippen molar-refractivity contribution in [3.63, 3.8) is 0 Å². The third-order valence-corrected chi connectivity index (χ3v) is 5.58. The average molecular weight is 369 g/mol. The summed E-state index contributed by atoms with van der Waals surface area (Å²) in [6.07, 6.45) is 3.43. The zero-order valence-electron chi connectivity index (χ0n) is 15.3. The Morgan fingerprint density at radius 2 is 1.96 bits per heavy atom. The number of H-pyrrole nitrogens is 1. The number of amides is 2. The molecule has 7 heteroatoms. The van der Waals surface area contributed by atoms with E-state index >= 15 is 0 Å². The highest BCUT2D eigenvalue weighted by atomic mass is 16.6. The molecule has 0 spiro atoms. The van der Waals surface area contributed by atoms with E-state index in [4.69, 9.17) is 4.74 Å². The normalized spacial score (nSPS) is 20.9. The van der Waals surface area contributed by atoms with Crippen molar-refractivity contribution in [2.75, 3.05) is 19.6 Å². The lowest BCUT2D eigenvalue weighted by molar-refractivity contribution is -0.127. The molecule has 1 aromatic heterocycles. The number of hydrogen-bond donors (Lipinski definition) is 1. The molecule has 2 aliphatic rings. The van der Waals surface area contributed by atoms with E-state index in [-0.39, 0.29) is 18.2 Å². The van der Waals surface area contributed by atoms with Crippen LogP contribution in [0.2, 0.25) is 0 Å². The van der Waals surface area contributed by atoms with Crippen LogP contribution in [0.5, 0.6) is 0 Å². The van der Waals surface area contributed by atoms with Crippen molar-refractivity contribution in [2.24, 2.45) is 0 Å². The Labute approximate surface area is 157 Å². The summed E-state index contributed by atoms with van der Waals surface area (Å²) in [4.78, 5) is 43.8. The fraction of sp³-hybridized carbons (Fsp3) is 0.450. The van der Waals surface area contributed by atoms with Gasteiger partial charge in [0.15, 0.2) is 0 Å². The van der Waals surface area contributed by atoms with Crippen LogP contribution in [0.25, 0.3) is 10.9 Å². The van der Waals surface area contributed by atoms with Gasteiger partial charge in [-0.2, -0.15) is 0 Å². The lowest BCUT2D eigenvalue weighted by Crippen LogP contribution is -2.48. The van der Waals surface area contributed by atoms with Crippen molar-refractivity contribution in [3.8, 4) is 0 Å². The van der Waals surface area contributed by atoms with Crippen LogP contribution in [0.3, 0.4) is 0 Å². The number of carbonyl (C=O) groups excluding carboxylic acids is 3. The first-order chi connectivity index (χ1) is 13.1. The molecule has 3 heterocycles. The van der Waals surface area contributed by atoms with Gasteiger partial charge in [0.1, 0.15) is 6.10 Å². The number of piperidine rings is 1. The minimum absolute atomic E-state index is 0.0411. The number of nitrogens with one attached hydrogen (secondary N) is 1. The summed E-state index contributed by atoms with van der Waals surface area (Å²) in [5.41, 5.74) is 1.25. The number of rotatable bonds is 4. The summed E-state index contributed by atoms with van der Waals surface area (Å²) in [6.45, 7) is 3.55. The molecule has 2 saturated heterocycles. The first kappa shape index (κ1) is 17.6. The van der Waals surface area contributed by atoms with Gasteiger partial charge < -0.3 is 19.5 Å². The number of ketones is 1. The summed E-state index contributed by atoms with van der Waals surface area (Å²) in [6, 6.07) is 7.51. The fourth-order valence-corrected chi connectivity index (χ4v) is 3.95. The highest BCUT2D eigenvalue weighted by Crippen LogP contribution is 2.25. The summed E-state index contributed by atoms with van der Waals surface area (Å²) < 4.78 is 5.33. The van der Waals surface area contributed by atoms with Gasteiger partial charge in [0, 0.05) is 36.2 Å². The lowest BCUT2D eigenvalue weighted by atomic mass is 10.0. The number of ether oxygens (including phenoxy) is 1. The van der Waals surface area contributed by atoms with E-state index in [0.717, 1.165) is 17.3 Å². The molecule has 1 unspecified atom stereocenters. The molecule has 2 fully saturated rings. The van der Waals surface area contributed by atoms with Crippen LogP contribution in [-0.4, -0.2) is 64.3 Å². The van der Waals surface area contributed by atoms with E-state index in [0.29, 0.717) is 38.0 Å². The van der Waals surface area contributed by atoms with Crippen molar-refractivity contribution in [2.45, 2.75) is 38.3 Å². The van der Waals surface area contributed by atoms with Crippen LogP contribution in [0, 0.1) is 0 Å². The maximum atomic E-state index is 12.7. The SMILES string of the molecule is CCC1CN(C2CCN(C(=O)C(=O)c3c[nH]c4ccccc34)CC2)C(=O)O1. The third-order valence-electron chi connectivity index (χ3n) is 5.58. The molecule has 4 rings (SSSR count). The molecular weight excluding hydrogens is 346 g/mol. The molecule has 1 aromatic carbocycles. The highest BCUT2D eigenvalue weighted by Gasteiger charge is 2.38. The Kier molecular flexibility index (Phi) is 4.59. The molecule has 2 amide bonds. The van der Waals surface area contributed by atoms with Gasteiger partial charge in [-0.15, -0.1) is 0 Å². The smallest absolute Gasteiger partial charge is 0.410 e. The van der Waals surface area contributed by atoms with E-state index < -0.39 is 11.7 Å². The Bertz CT molecular complexity index is 882. The van der Waals surface area contributed by atoms with Crippen LogP contribution in [0.15, 0.2) is 30.5 Å². The van der Waals surface area contributed by atoms with Gasteiger partial charge in [-0.05, 0) is 25.3 Å². The zero-order valence-corrected chi connectivity index (χ0v) is 15.3. The molecule has 2 aliphatic heterocycles. The number of nitrogens with zero attached hydrogens (tertiary/aromatic N) is 2. The number of aromatic amines is 1. The van der Waals surface area contributed by atoms with Crippen LogP contribution >= 0.6 is 0 Å². The molecule has 0 saturated carbocycles. The van der Waals surface area contributed by atoms with Gasteiger partial charge in [0.2, 0.25) is 0 Å². The second-order valence-corrected chi connectivity index (χ2v) is 7.17. The monoisotopic (exact) mass is 369 g/mol. The third kappa shape index (κ3) is 3.18. The summed E-state index contributed by atoms with van der Waals surface area (Å²) in [5, 5.41) is 0.760. The Morgan fingerprint density at radius 3 is 2.67 bits per heavy atom. The molecule has 0 aliphatic carbocycles. The van der Waals surface area contributed by atoms with Gasteiger partial charge in [-0.25, -0.2) is 4.79 Å². The largest absolute Gasteiger partial charge is 0.444 e. The second kappa shape index (κ2) is 7.06. The van der Waals surface area contributed by atoms with Gasteiger partial charge in [-0.1, -0.05) is 25.1 Å². The van der Waals surface area contributed by atoms with Gasteiger partial charge in [-0.3, -0.25) is 9.59 Å². The van der Waals surface area contributed by atoms with E-state index in [2.05, 4.69) is 4.98 Å². The topological polar surface area (TPSA) is 82.7 Å². The van der Waals surface area contributed by atoms with E-state index in [1.54, 1.807) is 16.0 Å². The van der Waals surface area contributed by atoms with Crippen molar-refractivity contribution in [1.82, 2.24) is 14.8 Å². The molecule has 7 nitrogen and oxygen atoms in total. The van der Waals surface area contributed by atoms with Crippen LogP contribution in [0.4, 0.5) is 4.79 Å². The molecule has 0 radical (unpaired) electrons. The summed E-state index contributed by atoms with van der Waals surface area (Å²) in [7, 11) is 0. The number of fused-ring (bicyclic) bond motifs is 1. The molecule has 1 N–H and O–H groups in total. The first-order valence-corrected chi connectivity index (χ1v) is 9.45. The number of likely N-dealkylation sites (tertiary alicyclic amines) is 1. The van der Waals surface area contributed by atoms with Crippen molar-refractivity contribution >= 4 is 28.7 Å². The quantitative estimate of drug-likeness (QED) is 0.663. The number of cyclic esters (lactones) is 1. The van der Waals surface area contributed by atoms with Crippen molar-refractivity contribution in [1.29, 1.82) is 0 Å². The van der Waals surface area contributed by atoms with Crippen molar-refractivity contribution < 1.29 is 19.1 Å². The lowest BCUT2D eigenvalue weighted by Gasteiger charge is -2.35. The van der Waals surface area contributed by atoms with E-state index in [1.807, 2.05) is 31.2 Å². The standard InChI is InChI=1S/C20H23N3O4/c1-2-14-12-23(20(26)27-14)13-7-9-22(10-8-13)19(25)18(24)16-11-21-17-6-4-3-5-15(16)17/h3-6,11,13-14,21H,2,7-10,12H2,1H3. The van der Waals surface area contributed by atoms with Gasteiger partial charge in [0.05, 0.1) is 12.1 Å². The minimum atomic E-state index is -0.488. The Balaban J connectivity index is 1.40. The summed E-state index contributed by atoms with van der Waals surface area (Å²) in [5.74, 6) is -0.967. The molecule has 2 aromatic rings. The molecule has 0 bridgehead atoms. The predicted molar refractivity (Wildman–Crippen MR) is 99.5 cm³/mol. The average Bonchev–Trinajstić information content (AvgIpc) is 3.30. The number of benzene rings is 1. The number of aromatic nitrogens is 1. The van der Waals surface area contributed by atoms with E-state index in [1.165, 1.54) is 0 Å². The van der Waals surface area contributed by atoms with Crippen LogP contribution in [-0.2, 0) is 9.53 Å². The maximum absolute atomic E-state index is 12.7. The Morgan fingerprint density at radius 1 is 1.22 bits per heavy atom. The zero-order chi connectivity index (χ0) is 19.0. The van der Waals surface area contributed by atoms with Crippen molar-refractivity contribution in [3.05, 3.63) is 36.0 Å².